The van der Waals surface area contributed by atoms with Crippen molar-refractivity contribution in [3.8, 4) is 6.07 Å². The van der Waals surface area contributed by atoms with Gasteiger partial charge < -0.3 is 4.90 Å². The highest BCUT2D eigenvalue weighted by Gasteiger charge is 2.20. The molecule has 1 saturated heterocycles. The van der Waals surface area contributed by atoms with Gasteiger partial charge in [0.1, 0.15) is 11.9 Å². The Morgan fingerprint density at radius 3 is 2.43 bits per heavy atom. The molecule has 0 unspecified atom stereocenters. The summed E-state index contributed by atoms with van der Waals surface area (Å²) in [6.07, 6.45) is 1.60. The monoisotopic (exact) mass is 306 g/mol. The summed E-state index contributed by atoms with van der Waals surface area (Å²) in [6.45, 7) is 3.79. The number of nitriles is 1. The number of Topliss-reactive ketones (excluding diaryl/α,β-unsaturated/α-hetero) is 1. The van der Waals surface area contributed by atoms with Gasteiger partial charge in [0.15, 0.2) is 5.78 Å². The number of piperazine rings is 1. The van der Waals surface area contributed by atoms with E-state index in [0.29, 0.717) is 12.1 Å². The molecule has 1 fully saturated rings. The molecule has 2 heterocycles. The van der Waals surface area contributed by atoms with Gasteiger partial charge in [-0.1, -0.05) is 30.3 Å². The van der Waals surface area contributed by atoms with Crippen molar-refractivity contribution in [2.75, 3.05) is 37.6 Å². The van der Waals surface area contributed by atoms with Crippen molar-refractivity contribution >= 4 is 11.6 Å². The lowest BCUT2D eigenvalue weighted by Crippen LogP contribution is -2.48. The number of nitrogens with zero attached hydrogens (tertiary/aromatic N) is 4. The summed E-state index contributed by atoms with van der Waals surface area (Å²) in [6, 6.07) is 15.2. The van der Waals surface area contributed by atoms with Crippen molar-refractivity contribution in [3.63, 3.8) is 0 Å². The normalized spacial score (nSPS) is 15.2. The lowest BCUT2D eigenvalue weighted by Gasteiger charge is -2.35. The summed E-state index contributed by atoms with van der Waals surface area (Å²) in [4.78, 5) is 20.9. The molecule has 2 aromatic rings. The van der Waals surface area contributed by atoms with Gasteiger partial charge >= 0.3 is 0 Å². The van der Waals surface area contributed by atoms with Gasteiger partial charge in [0, 0.05) is 37.9 Å². The highest BCUT2D eigenvalue weighted by atomic mass is 16.1. The third-order valence-electron chi connectivity index (χ3n) is 4.04. The van der Waals surface area contributed by atoms with Crippen molar-refractivity contribution < 1.29 is 4.79 Å². The molecule has 0 radical (unpaired) electrons. The van der Waals surface area contributed by atoms with Crippen LogP contribution in [-0.4, -0.2) is 48.4 Å². The number of aromatic nitrogens is 1. The summed E-state index contributed by atoms with van der Waals surface area (Å²) in [5.74, 6) is 1.05. The lowest BCUT2D eigenvalue weighted by molar-refractivity contribution is 0.0926. The highest BCUT2D eigenvalue weighted by molar-refractivity contribution is 5.97. The van der Waals surface area contributed by atoms with Gasteiger partial charge in [0.25, 0.3) is 0 Å². The topological polar surface area (TPSA) is 60.2 Å². The molecule has 0 spiro atoms. The van der Waals surface area contributed by atoms with Crippen LogP contribution in [0.4, 0.5) is 5.82 Å². The van der Waals surface area contributed by atoms with E-state index in [1.807, 2.05) is 36.4 Å². The maximum atomic E-state index is 12.2. The zero-order chi connectivity index (χ0) is 16.1. The Morgan fingerprint density at radius 2 is 1.83 bits per heavy atom. The molecule has 23 heavy (non-hydrogen) atoms. The minimum absolute atomic E-state index is 0.163. The minimum Gasteiger partial charge on any atom is -0.354 e. The first-order chi connectivity index (χ1) is 11.3. The Bertz CT molecular complexity index is 698. The number of hydrogen-bond acceptors (Lipinski definition) is 5. The van der Waals surface area contributed by atoms with Gasteiger partial charge in [0.2, 0.25) is 0 Å². The van der Waals surface area contributed by atoms with Gasteiger partial charge in [-0.15, -0.1) is 0 Å². The van der Waals surface area contributed by atoms with Gasteiger partial charge in [-0.2, -0.15) is 5.26 Å². The summed E-state index contributed by atoms with van der Waals surface area (Å²) in [5.41, 5.74) is 1.34. The fraction of sp³-hybridized carbons (Fsp3) is 0.278. The molecule has 0 bridgehead atoms. The lowest BCUT2D eigenvalue weighted by atomic mass is 10.1. The number of carbonyl (C=O) groups excluding carboxylic acids is 1. The van der Waals surface area contributed by atoms with E-state index < -0.39 is 0 Å². The van der Waals surface area contributed by atoms with Crippen LogP contribution in [0.15, 0.2) is 48.7 Å². The van der Waals surface area contributed by atoms with Crippen molar-refractivity contribution in [1.82, 2.24) is 9.88 Å². The Balaban J connectivity index is 1.54. The van der Waals surface area contributed by atoms with Crippen molar-refractivity contribution in [2.24, 2.45) is 0 Å². The number of carbonyl (C=O) groups is 1. The molecule has 0 saturated carbocycles. The summed E-state index contributed by atoms with van der Waals surface area (Å²) in [5, 5.41) is 8.81. The third kappa shape index (κ3) is 3.74. The Kier molecular flexibility index (Phi) is 4.65. The van der Waals surface area contributed by atoms with E-state index in [1.54, 1.807) is 12.3 Å². The minimum atomic E-state index is 0.163. The highest BCUT2D eigenvalue weighted by Crippen LogP contribution is 2.14. The second-order valence-corrected chi connectivity index (χ2v) is 5.57. The Labute approximate surface area is 135 Å². The van der Waals surface area contributed by atoms with Gasteiger partial charge in [0.05, 0.1) is 12.1 Å². The third-order valence-corrected chi connectivity index (χ3v) is 4.04. The maximum absolute atomic E-state index is 12.2. The predicted octanol–water partition coefficient (Wildman–Crippen LogP) is 1.96. The molecule has 1 aliphatic rings. The predicted molar refractivity (Wildman–Crippen MR) is 88.4 cm³/mol. The molecule has 1 aromatic heterocycles. The average molecular weight is 306 g/mol. The van der Waals surface area contributed by atoms with E-state index in [2.05, 4.69) is 20.9 Å². The van der Waals surface area contributed by atoms with Crippen LogP contribution in [0.1, 0.15) is 15.9 Å². The standard InChI is InChI=1S/C18H18N4O/c19-12-15-6-7-18(20-13-15)22-10-8-21(9-11-22)14-17(23)16-4-2-1-3-5-16/h1-7,13H,8-11,14H2. The molecule has 0 amide bonds. The quantitative estimate of drug-likeness (QED) is 0.808. The molecular formula is C18H18N4O. The number of pyridine rings is 1. The van der Waals surface area contributed by atoms with Gasteiger partial charge in [-0.3, -0.25) is 9.69 Å². The van der Waals surface area contributed by atoms with E-state index in [0.717, 1.165) is 37.6 Å². The number of ketones is 1. The van der Waals surface area contributed by atoms with Crippen LogP contribution in [0, 0.1) is 11.3 Å². The smallest absolute Gasteiger partial charge is 0.176 e. The second kappa shape index (κ2) is 7.03. The van der Waals surface area contributed by atoms with E-state index >= 15 is 0 Å². The van der Waals surface area contributed by atoms with Crippen molar-refractivity contribution in [3.05, 3.63) is 59.8 Å². The molecule has 3 rings (SSSR count). The zero-order valence-electron chi connectivity index (χ0n) is 12.9. The molecule has 116 valence electrons. The summed E-state index contributed by atoms with van der Waals surface area (Å²) in [7, 11) is 0. The fourth-order valence-electron chi connectivity index (χ4n) is 2.69. The van der Waals surface area contributed by atoms with Gasteiger partial charge in [-0.25, -0.2) is 4.98 Å². The van der Waals surface area contributed by atoms with Crippen molar-refractivity contribution in [1.29, 1.82) is 5.26 Å². The van der Waals surface area contributed by atoms with Crippen molar-refractivity contribution in [2.45, 2.75) is 0 Å². The number of anilines is 1. The number of benzene rings is 1. The zero-order valence-corrected chi connectivity index (χ0v) is 12.9. The second-order valence-electron chi connectivity index (χ2n) is 5.57. The van der Waals surface area contributed by atoms with E-state index in [1.165, 1.54) is 0 Å². The first kappa shape index (κ1) is 15.2. The van der Waals surface area contributed by atoms with Crippen LogP contribution in [-0.2, 0) is 0 Å². The number of hydrogen-bond donors (Lipinski definition) is 0. The summed E-state index contributed by atoms with van der Waals surface area (Å²) >= 11 is 0. The van der Waals surface area contributed by atoms with E-state index in [9.17, 15) is 4.79 Å². The Hall–Kier alpha value is -2.71. The maximum Gasteiger partial charge on any atom is 0.176 e. The van der Waals surface area contributed by atoms with Crippen LogP contribution >= 0.6 is 0 Å². The first-order valence-electron chi connectivity index (χ1n) is 7.68. The molecule has 0 aliphatic carbocycles. The SMILES string of the molecule is N#Cc1ccc(N2CCN(CC(=O)c3ccccc3)CC2)nc1. The van der Waals surface area contributed by atoms with Crippen LogP contribution in [0.5, 0.6) is 0 Å². The van der Waals surface area contributed by atoms with Crippen LogP contribution < -0.4 is 4.90 Å². The molecular weight excluding hydrogens is 288 g/mol. The molecule has 1 aromatic carbocycles. The largest absolute Gasteiger partial charge is 0.354 e. The van der Waals surface area contributed by atoms with Gasteiger partial charge in [-0.05, 0) is 12.1 Å². The average Bonchev–Trinajstić information content (AvgIpc) is 2.63. The van der Waals surface area contributed by atoms with Crippen LogP contribution in [0.3, 0.4) is 0 Å². The Morgan fingerprint density at radius 1 is 1.09 bits per heavy atom. The molecule has 1 aliphatic heterocycles. The summed E-state index contributed by atoms with van der Waals surface area (Å²) < 4.78 is 0. The fourth-order valence-corrected chi connectivity index (χ4v) is 2.69. The molecule has 0 atom stereocenters. The van der Waals surface area contributed by atoms with E-state index in [-0.39, 0.29) is 5.78 Å². The molecule has 5 nitrogen and oxygen atoms in total. The first-order valence-corrected chi connectivity index (χ1v) is 7.68. The van der Waals surface area contributed by atoms with Crippen LogP contribution in [0.25, 0.3) is 0 Å². The molecule has 5 heteroatoms. The molecule has 0 N–H and O–H groups in total. The van der Waals surface area contributed by atoms with E-state index in [4.69, 9.17) is 5.26 Å². The van der Waals surface area contributed by atoms with Crippen LogP contribution in [0.2, 0.25) is 0 Å². The number of rotatable bonds is 4.